The van der Waals surface area contributed by atoms with Gasteiger partial charge >= 0.3 is 8.56 Å². The van der Waals surface area contributed by atoms with Gasteiger partial charge in [0.1, 0.15) is 0 Å². The Bertz CT molecular complexity index is 94.2. The molecule has 2 nitrogen and oxygen atoms in total. The van der Waals surface area contributed by atoms with Crippen molar-refractivity contribution in [3.63, 3.8) is 0 Å². The lowest BCUT2D eigenvalue weighted by atomic mass is 10.9. The second-order valence-electron chi connectivity index (χ2n) is 2.57. The highest BCUT2D eigenvalue weighted by molar-refractivity contribution is 6.68. The summed E-state index contributed by atoms with van der Waals surface area (Å²) < 4.78 is 11.4. The lowest BCUT2D eigenvalue weighted by Gasteiger charge is -2.27. The first-order valence-corrected chi connectivity index (χ1v) is 7.35. The van der Waals surface area contributed by atoms with E-state index in [9.17, 15) is 0 Å². The van der Waals surface area contributed by atoms with Crippen LogP contribution in [0.1, 0.15) is 20.8 Å². The van der Waals surface area contributed by atoms with Crippen LogP contribution < -0.4 is 0 Å². The predicted molar refractivity (Wildman–Crippen MR) is 55.0 cm³/mol. The fraction of sp³-hybridized carbons (Fsp3) is 1.00. The zero-order chi connectivity index (χ0) is 9.45. The van der Waals surface area contributed by atoms with Gasteiger partial charge in [0.2, 0.25) is 0 Å². The summed E-state index contributed by atoms with van der Waals surface area (Å²) in [5.41, 5.74) is 0. The summed E-state index contributed by atoms with van der Waals surface area (Å²) in [4.78, 5) is 0. The molecule has 0 radical (unpaired) electrons. The van der Waals surface area contributed by atoms with Crippen molar-refractivity contribution in [2.75, 3.05) is 19.1 Å². The van der Waals surface area contributed by atoms with Gasteiger partial charge in [0.25, 0.3) is 0 Å². The molecule has 0 N–H and O–H groups in total. The van der Waals surface area contributed by atoms with Gasteiger partial charge in [0, 0.05) is 25.1 Å². The Kier molecular flexibility index (Phi) is 7.14. The monoisotopic (exact) mass is 210 g/mol. The summed E-state index contributed by atoms with van der Waals surface area (Å²) >= 11 is 5.71. The molecule has 0 aromatic carbocycles. The maximum Gasteiger partial charge on any atom is 0.339 e. The van der Waals surface area contributed by atoms with Crippen molar-refractivity contribution in [1.82, 2.24) is 0 Å². The normalized spacial score (nSPS) is 12.0. The van der Waals surface area contributed by atoms with Crippen LogP contribution in [-0.4, -0.2) is 27.7 Å². The molecule has 0 rings (SSSR count). The smallest absolute Gasteiger partial charge is 0.339 e. The van der Waals surface area contributed by atoms with Gasteiger partial charge in [0.15, 0.2) is 0 Å². The lowest BCUT2D eigenvalue weighted by Crippen LogP contribution is -2.41. The number of hydrogen-bond acceptors (Lipinski definition) is 2. The van der Waals surface area contributed by atoms with E-state index >= 15 is 0 Å². The minimum atomic E-state index is -1.90. The largest absolute Gasteiger partial charge is 0.394 e. The summed E-state index contributed by atoms with van der Waals surface area (Å²) in [7, 11) is -1.90. The summed E-state index contributed by atoms with van der Waals surface area (Å²) in [5.74, 6) is 0.639. The van der Waals surface area contributed by atoms with E-state index in [4.69, 9.17) is 20.5 Å². The first-order chi connectivity index (χ1) is 5.74. The summed E-state index contributed by atoms with van der Waals surface area (Å²) in [6, 6.07) is 1.88. The third kappa shape index (κ3) is 3.89. The molecule has 4 heteroatoms. The molecule has 0 aliphatic heterocycles. The second-order valence-corrected chi connectivity index (χ2v) is 6.55. The van der Waals surface area contributed by atoms with Crippen LogP contribution in [0.4, 0.5) is 0 Å². The number of halogens is 1. The van der Waals surface area contributed by atoms with Gasteiger partial charge < -0.3 is 8.85 Å². The highest BCUT2D eigenvalue weighted by Gasteiger charge is 2.33. The SMILES string of the molecule is CCO[Si](CC)(CCCl)OCC. The first kappa shape index (κ1) is 12.4. The molecule has 0 spiro atoms. The average molecular weight is 211 g/mol. The molecule has 0 unspecified atom stereocenters. The molecule has 74 valence electrons. The van der Waals surface area contributed by atoms with E-state index in [1.165, 1.54) is 0 Å². The van der Waals surface area contributed by atoms with Gasteiger partial charge in [-0.25, -0.2) is 0 Å². The fourth-order valence-corrected chi connectivity index (χ4v) is 4.57. The summed E-state index contributed by atoms with van der Waals surface area (Å²) in [5, 5.41) is 0. The van der Waals surface area contributed by atoms with Crippen LogP contribution in [0.5, 0.6) is 0 Å². The van der Waals surface area contributed by atoms with E-state index in [-0.39, 0.29) is 0 Å². The highest BCUT2D eigenvalue weighted by atomic mass is 35.5. The number of rotatable bonds is 7. The van der Waals surface area contributed by atoms with E-state index in [0.29, 0.717) is 5.88 Å². The molecular weight excluding hydrogens is 192 g/mol. The van der Waals surface area contributed by atoms with Crippen LogP contribution in [0, 0.1) is 0 Å². The Morgan fingerprint density at radius 3 is 1.83 bits per heavy atom. The molecule has 0 amide bonds. The highest BCUT2D eigenvalue weighted by Crippen LogP contribution is 2.19. The molecule has 0 aliphatic carbocycles. The fourth-order valence-electron chi connectivity index (χ4n) is 1.24. The molecule has 0 aromatic rings. The van der Waals surface area contributed by atoms with Crippen LogP contribution in [-0.2, 0) is 8.85 Å². The summed E-state index contributed by atoms with van der Waals surface area (Å²) in [6.45, 7) is 7.59. The van der Waals surface area contributed by atoms with Crippen molar-refractivity contribution in [3.8, 4) is 0 Å². The molecule has 0 heterocycles. The minimum absolute atomic E-state index is 0.639. The van der Waals surface area contributed by atoms with Crippen molar-refractivity contribution in [2.45, 2.75) is 32.9 Å². The van der Waals surface area contributed by atoms with E-state index < -0.39 is 8.56 Å². The second kappa shape index (κ2) is 6.89. The zero-order valence-corrected chi connectivity index (χ0v) is 9.99. The maximum atomic E-state index is 5.71. The molecular formula is C8H19ClO2Si. The van der Waals surface area contributed by atoms with Gasteiger partial charge in [-0.3, -0.25) is 0 Å². The number of hydrogen-bond donors (Lipinski definition) is 0. The van der Waals surface area contributed by atoms with Crippen LogP contribution >= 0.6 is 11.6 Å². The van der Waals surface area contributed by atoms with Gasteiger partial charge in [-0.1, -0.05) is 6.92 Å². The predicted octanol–water partition coefficient (Wildman–Crippen LogP) is 2.76. The Morgan fingerprint density at radius 1 is 1.08 bits per heavy atom. The third-order valence-electron chi connectivity index (χ3n) is 1.83. The molecule has 0 fully saturated rings. The van der Waals surface area contributed by atoms with Crippen molar-refractivity contribution in [3.05, 3.63) is 0 Å². The van der Waals surface area contributed by atoms with E-state index in [1.807, 2.05) is 13.8 Å². The maximum absolute atomic E-state index is 5.71. The Hall–Kier alpha value is 0.427. The molecule has 0 saturated carbocycles. The van der Waals surface area contributed by atoms with Gasteiger partial charge in [-0.05, 0) is 19.9 Å². The third-order valence-corrected chi connectivity index (χ3v) is 6.05. The van der Waals surface area contributed by atoms with Crippen molar-refractivity contribution >= 4 is 20.2 Å². The minimum Gasteiger partial charge on any atom is -0.394 e. The number of alkyl halides is 1. The topological polar surface area (TPSA) is 18.5 Å². The summed E-state index contributed by atoms with van der Waals surface area (Å²) in [6.07, 6.45) is 0. The van der Waals surface area contributed by atoms with Crippen LogP contribution in [0.15, 0.2) is 0 Å². The van der Waals surface area contributed by atoms with Gasteiger partial charge in [-0.2, -0.15) is 0 Å². The van der Waals surface area contributed by atoms with Gasteiger partial charge in [-0.15, -0.1) is 11.6 Å². The first-order valence-electron chi connectivity index (χ1n) is 4.58. The van der Waals surface area contributed by atoms with E-state index in [2.05, 4.69) is 6.92 Å². The van der Waals surface area contributed by atoms with Crippen LogP contribution in [0.25, 0.3) is 0 Å². The Balaban J connectivity index is 4.06. The zero-order valence-electron chi connectivity index (χ0n) is 8.23. The van der Waals surface area contributed by atoms with Crippen molar-refractivity contribution < 1.29 is 8.85 Å². The average Bonchev–Trinajstić information content (AvgIpc) is 2.06. The van der Waals surface area contributed by atoms with Crippen LogP contribution in [0.2, 0.25) is 12.1 Å². The van der Waals surface area contributed by atoms with Gasteiger partial charge in [0.05, 0.1) is 0 Å². The van der Waals surface area contributed by atoms with E-state index in [1.54, 1.807) is 0 Å². The molecule has 0 aliphatic rings. The molecule has 0 atom stereocenters. The van der Waals surface area contributed by atoms with Crippen molar-refractivity contribution in [1.29, 1.82) is 0 Å². The molecule has 0 aromatic heterocycles. The standard InChI is InChI=1S/C8H19ClO2Si/c1-4-10-12(6-3,8-7-9)11-5-2/h4-8H2,1-3H3. The molecule has 12 heavy (non-hydrogen) atoms. The van der Waals surface area contributed by atoms with Crippen molar-refractivity contribution in [2.24, 2.45) is 0 Å². The lowest BCUT2D eigenvalue weighted by molar-refractivity contribution is 0.185. The Labute approximate surface area is 81.5 Å². The van der Waals surface area contributed by atoms with Crippen LogP contribution in [0.3, 0.4) is 0 Å². The molecule has 0 saturated heterocycles. The molecule has 0 bridgehead atoms. The Morgan fingerprint density at radius 2 is 1.58 bits per heavy atom. The van der Waals surface area contributed by atoms with E-state index in [0.717, 1.165) is 25.3 Å². The quantitative estimate of drug-likeness (QED) is 0.475.